The number of benzene rings is 1. The number of carboxylic acids is 1. The van der Waals surface area contributed by atoms with E-state index in [1.54, 1.807) is 19.1 Å². The quantitative estimate of drug-likeness (QED) is 0.874. The van der Waals surface area contributed by atoms with Crippen molar-refractivity contribution in [3.05, 3.63) is 29.3 Å². The van der Waals surface area contributed by atoms with Gasteiger partial charge in [-0.1, -0.05) is 6.07 Å². The summed E-state index contributed by atoms with van der Waals surface area (Å²) in [5.41, 5.74) is 0.824. The first kappa shape index (κ1) is 15.5. The molecular weight excluding hydrogens is 292 g/mol. The van der Waals surface area contributed by atoms with Crippen LogP contribution >= 0.6 is 0 Å². The van der Waals surface area contributed by atoms with Crippen molar-refractivity contribution >= 4 is 16.0 Å². The van der Waals surface area contributed by atoms with Crippen molar-refractivity contribution in [2.75, 3.05) is 0 Å². The summed E-state index contributed by atoms with van der Waals surface area (Å²) < 4.78 is 27.3. The predicted molar refractivity (Wildman–Crippen MR) is 75.0 cm³/mol. The highest BCUT2D eigenvalue weighted by Gasteiger charge is 2.32. The average molecular weight is 308 g/mol. The number of aryl methyl sites for hydroxylation is 1. The van der Waals surface area contributed by atoms with Crippen LogP contribution in [0.4, 0.5) is 0 Å². The molecular formula is C14H16N2O4S. The number of rotatable bonds is 4. The molecule has 1 aliphatic carbocycles. The summed E-state index contributed by atoms with van der Waals surface area (Å²) in [6.07, 6.45) is 1.28. The summed E-state index contributed by atoms with van der Waals surface area (Å²) in [4.78, 5) is 11.0. The van der Waals surface area contributed by atoms with Gasteiger partial charge in [0.2, 0.25) is 10.0 Å². The summed E-state index contributed by atoms with van der Waals surface area (Å²) in [6.45, 7) is 1.66. The van der Waals surface area contributed by atoms with E-state index in [0.717, 1.165) is 0 Å². The largest absolute Gasteiger partial charge is 0.481 e. The fraction of sp³-hybridized carbons (Fsp3) is 0.429. The van der Waals surface area contributed by atoms with Gasteiger partial charge < -0.3 is 5.11 Å². The zero-order chi connectivity index (χ0) is 15.6. The Morgan fingerprint density at radius 2 is 2.14 bits per heavy atom. The lowest BCUT2D eigenvalue weighted by Crippen LogP contribution is -2.33. The fourth-order valence-corrected chi connectivity index (χ4v) is 4.11. The van der Waals surface area contributed by atoms with Crippen LogP contribution in [0.1, 0.15) is 30.4 Å². The lowest BCUT2D eigenvalue weighted by molar-refractivity contribution is -0.141. The molecule has 0 amide bonds. The molecule has 112 valence electrons. The third-order valence-electron chi connectivity index (χ3n) is 3.71. The maximum Gasteiger partial charge on any atom is 0.306 e. The van der Waals surface area contributed by atoms with Crippen molar-refractivity contribution < 1.29 is 18.3 Å². The molecule has 1 aromatic carbocycles. The second kappa shape index (κ2) is 5.84. The van der Waals surface area contributed by atoms with Crippen LogP contribution in [0.25, 0.3) is 0 Å². The lowest BCUT2D eigenvalue weighted by atomic mass is 10.1. The minimum atomic E-state index is -3.75. The van der Waals surface area contributed by atoms with Gasteiger partial charge in [-0.15, -0.1) is 0 Å². The number of carboxylic acid groups (broad SMARTS) is 1. The van der Waals surface area contributed by atoms with Gasteiger partial charge >= 0.3 is 5.97 Å². The summed E-state index contributed by atoms with van der Waals surface area (Å²) in [6, 6.07) is 6.02. The van der Waals surface area contributed by atoms with Gasteiger partial charge in [-0.25, -0.2) is 13.1 Å². The molecule has 0 aromatic heterocycles. The normalized spacial score (nSPS) is 21.9. The van der Waals surface area contributed by atoms with Gasteiger partial charge in [0.15, 0.2) is 0 Å². The van der Waals surface area contributed by atoms with Crippen LogP contribution in [0.2, 0.25) is 0 Å². The number of sulfonamides is 1. The van der Waals surface area contributed by atoms with Crippen molar-refractivity contribution in [2.24, 2.45) is 5.92 Å². The number of nitriles is 1. The molecule has 0 unspecified atom stereocenters. The van der Waals surface area contributed by atoms with Crippen LogP contribution in [-0.2, 0) is 14.8 Å². The summed E-state index contributed by atoms with van der Waals surface area (Å²) in [7, 11) is -3.75. The average Bonchev–Trinajstić information content (AvgIpc) is 2.87. The van der Waals surface area contributed by atoms with Gasteiger partial charge in [0.1, 0.15) is 0 Å². The van der Waals surface area contributed by atoms with Gasteiger partial charge in [-0.2, -0.15) is 5.26 Å². The Kier molecular flexibility index (Phi) is 4.30. The molecule has 1 fully saturated rings. The van der Waals surface area contributed by atoms with E-state index in [1.165, 1.54) is 6.07 Å². The second-order valence-electron chi connectivity index (χ2n) is 5.26. The van der Waals surface area contributed by atoms with Crippen molar-refractivity contribution in [1.82, 2.24) is 4.72 Å². The van der Waals surface area contributed by atoms with Crippen molar-refractivity contribution in [3.63, 3.8) is 0 Å². The third-order valence-corrected chi connectivity index (χ3v) is 5.37. The van der Waals surface area contributed by atoms with Crippen LogP contribution in [0, 0.1) is 24.2 Å². The highest BCUT2D eigenvalue weighted by Crippen LogP contribution is 2.27. The predicted octanol–water partition coefficient (Wildman–Crippen LogP) is 1.40. The van der Waals surface area contributed by atoms with Crippen molar-refractivity contribution in [2.45, 2.75) is 37.1 Å². The highest BCUT2D eigenvalue weighted by molar-refractivity contribution is 7.89. The zero-order valence-electron chi connectivity index (χ0n) is 11.5. The van der Waals surface area contributed by atoms with Gasteiger partial charge in [0.25, 0.3) is 0 Å². The molecule has 2 atom stereocenters. The van der Waals surface area contributed by atoms with Crippen LogP contribution in [0.15, 0.2) is 23.1 Å². The van der Waals surface area contributed by atoms with E-state index in [2.05, 4.69) is 4.72 Å². The summed E-state index contributed by atoms with van der Waals surface area (Å²) in [5.74, 6) is -1.39. The molecule has 7 heteroatoms. The molecule has 0 heterocycles. The van der Waals surface area contributed by atoms with E-state index in [4.69, 9.17) is 10.4 Å². The van der Waals surface area contributed by atoms with Crippen LogP contribution < -0.4 is 4.72 Å². The first-order chi connectivity index (χ1) is 9.83. The van der Waals surface area contributed by atoms with Gasteiger partial charge in [0, 0.05) is 6.04 Å². The second-order valence-corrected chi connectivity index (χ2v) is 6.94. The Balaban J connectivity index is 2.20. The maximum atomic E-state index is 12.4. The minimum Gasteiger partial charge on any atom is -0.481 e. The molecule has 0 aliphatic heterocycles. The molecule has 6 nitrogen and oxygen atoms in total. The van der Waals surface area contributed by atoms with Crippen molar-refractivity contribution in [1.29, 1.82) is 5.26 Å². The first-order valence-corrected chi connectivity index (χ1v) is 8.07. The van der Waals surface area contributed by atoms with E-state index in [1.807, 2.05) is 6.07 Å². The molecule has 21 heavy (non-hydrogen) atoms. The maximum absolute atomic E-state index is 12.4. The number of nitrogens with zero attached hydrogens (tertiary/aromatic N) is 1. The summed E-state index contributed by atoms with van der Waals surface area (Å²) >= 11 is 0. The molecule has 0 radical (unpaired) electrons. The minimum absolute atomic E-state index is 0.0697. The molecule has 1 aromatic rings. The number of carbonyl (C=O) groups is 1. The molecule has 0 saturated heterocycles. The van der Waals surface area contributed by atoms with E-state index in [-0.39, 0.29) is 16.5 Å². The Hall–Kier alpha value is -1.91. The van der Waals surface area contributed by atoms with E-state index < -0.39 is 21.9 Å². The molecule has 1 saturated carbocycles. The first-order valence-electron chi connectivity index (χ1n) is 6.59. The molecule has 1 aliphatic rings. The van der Waals surface area contributed by atoms with Crippen molar-refractivity contribution in [3.8, 4) is 6.07 Å². The zero-order valence-corrected chi connectivity index (χ0v) is 12.4. The monoisotopic (exact) mass is 308 g/mol. The molecule has 2 N–H and O–H groups in total. The van der Waals surface area contributed by atoms with Gasteiger partial charge in [0.05, 0.1) is 22.4 Å². The van der Waals surface area contributed by atoms with Crippen LogP contribution in [-0.4, -0.2) is 25.5 Å². The Morgan fingerprint density at radius 1 is 1.43 bits per heavy atom. The number of hydrogen-bond donors (Lipinski definition) is 2. The lowest BCUT2D eigenvalue weighted by Gasteiger charge is -2.14. The molecule has 2 rings (SSSR count). The molecule has 0 bridgehead atoms. The Morgan fingerprint density at radius 3 is 2.71 bits per heavy atom. The summed E-state index contributed by atoms with van der Waals surface area (Å²) in [5, 5.41) is 17.8. The van der Waals surface area contributed by atoms with Crippen LogP contribution in [0.5, 0.6) is 0 Å². The Bertz CT molecular complexity index is 706. The third kappa shape index (κ3) is 3.40. The number of hydrogen-bond acceptors (Lipinski definition) is 4. The van der Waals surface area contributed by atoms with E-state index >= 15 is 0 Å². The van der Waals surface area contributed by atoms with Crippen LogP contribution in [0.3, 0.4) is 0 Å². The standard InChI is InChI=1S/C14H16N2O4S/c1-9-2-3-10(8-15)6-13(9)21(19,20)16-12-5-4-11(7-12)14(17)18/h2-3,6,11-12,16H,4-5,7H2,1H3,(H,17,18)/t11-,12+/m1/s1. The fourth-order valence-electron chi connectivity index (χ4n) is 2.55. The van der Waals surface area contributed by atoms with Gasteiger partial charge in [-0.05, 0) is 43.9 Å². The topological polar surface area (TPSA) is 107 Å². The Labute approximate surface area is 123 Å². The smallest absolute Gasteiger partial charge is 0.306 e. The highest BCUT2D eigenvalue weighted by atomic mass is 32.2. The van der Waals surface area contributed by atoms with E-state index in [9.17, 15) is 13.2 Å². The number of nitrogens with one attached hydrogen (secondary N) is 1. The molecule has 0 spiro atoms. The SMILES string of the molecule is Cc1ccc(C#N)cc1S(=O)(=O)N[C@H]1CC[C@@H](C(=O)O)C1. The van der Waals surface area contributed by atoms with E-state index in [0.29, 0.717) is 24.8 Å². The number of aliphatic carboxylic acids is 1. The van der Waals surface area contributed by atoms with Gasteiger partial charge in [-0.3, -0.25) is 4.79 Å².